The van der Waals surface area contributed by atoms with Gasteiger partial charge in [-0.3, -0.25) is 14.4 Å². The molecule has 9 heteroatoms. The molecule has 28 heavy (non-hydrogen) atoms. The molecule has 1 aromatic carbocycles. The Labute approximate surface area is 163 Å². The number of hydrogen-bond donors (Lipinski definition) is 5. The van der Waals surface area contributed by atoms with Crippen molar-refractivity contribution in [2.24, 2.45) is 5.73 Å². The van der Waals surface area contributed by atoms with Crippen molar-refractivity contribution in [2.45, 2.75) is 50.2 Å². The van der Waals surface area contributed by atoms with Crippen molar-refractivity contribution in [3.63, 3.8) is 0 Å². The first-order valence-electron chi connectivity index (χ1n) is 9.26. The summed E-state index contributed by atoms with van der Waals surface area (Å²) in [5.41, 5.74) is 5.91. The molecule has 1 fully saturated rings. The molecule has 1 aromatic rings. The number of aliphatic carboxylic acids is 1. The first-order chi connectivity index (χ1) is 13.4. The van der Waals surface area contributed by atoms with E-state index >= 15 is 0 Å². The summed E-state index contributed by atoms with van der Waals surface area (Å²) < 4.78 is 0. The maximum atomic E-state index is 12.6. The molecule has 0 aliphatic carbocycles. The van der Waals surface area contributed by atoms with Gasteiger partial charge in [0.25, 0.3) is 0 Å². The Hall–Kier alpha value is -2.94. The third-order valence-electron chi connectivity index (χ3n) is 4.59. The summed E-state index contributed by atoms with van der Waals surface area (Å²) in [6, 6.07) is 6.29. The van der Waals surface area contributed by atoms with Crippen LogP contribution in [-0.4, -0.2) is 53.5 Å². The lowest BCUT2D eigenvalue weighted by atomic mass is 10.0. The lowest BCUT2D eigenvalue weighted by Crippen LogP contribution is -2.54. The normalized spacial score (nSPS) is 18.1. The van der Waals surface area contributed by atoms with Crippen LogP contribution in [0.25, 0.3) is 0 Å². The summed E-state index contributed by atoms with van der Waals surface area (Å²) >= 11 is 0. The fourth-order valence-electron chi connectivity index (χ4n) is 3.06. The number of benzene rings is 1. The third kappa shape index (κ3) is 6.66. The Kier molecular flexibility index (Phi) is 7.94. The summed E-state index contributed by atoms with van der Waals surface area (Å²) in [5.74, 6) is -2.80. The highest BCUT2D eigenvalue weighted by Crippen LogP contribution is 2.08. The summed E-state index contributed by atoms with van der Waals surface area (Å²) in [6.07, 6.45) is 1.50. The number of primary amides is 1. The Morgan fingerprint density at radius 3 is 2.43 bits per heavy atom. The van der Waals surface area contributed by atoms with Crippen LogP contribution in [0, 0.1) is 0 Å². The van der Waals surface area contributed by atoms with Crippen LogP contribution in [0.2, 0.25) is 0 Å². The van der Waals surface area contributed by atoms with E-state index in [9.17, 15) is 24.3 Å². The molecule has 0 radical (unpaired) electrons. The molecular weight excluding hydrogens is 364 g/mol. The predicted octanol–water partition coefficient (Wildman–Crippen LogP) is -0.699. The topological polar surface area (TPSA) is 151 Å². The number of nitrogens with one attached hydrogen (secondary N) is 3. The number of carboxylic acid groups (broad SMARTS) is 1. The lowest BCUT2D eigenvalue weighted by Gasteiger charge is -2.22. The van der Waals surface area contributed by atoms with Crippen molar-refractivity contribution < 1.29 is 24.3 Å². The number of carbonyl (C=O) groups is 4. The lowest BCUT2D eigenvalue weighted by molar-refractivity contribution is -0.142. The zero-order chi connectivity index (χ0) is 20.5. The monoisotopic (exact) mass is 390 g/mol. The molecule has 0 bridgehead atoms. The van der Waals surface area contributed by atoms with Gasteiger partial charge in [0.05, 0.1) is 6.04 Å². The molecule has 9 nitrogen and oxygen atoms in total. The minimum absolute atomic E-state index is 0.00268. The maximum absolute atomic E-state index is 12.6. The third-order valence-corrected chi connectivity index (χ3v) is 4.59. The van der Waals surface area contributed by atoms with Gasteiger partial charge in [-0.1, -0.05) is 30.3 Å². The molecule has 1 saturated heterocycles. The zero-order valence-electron chi connectivity index (χ0n) is 15.5. The Morgan fingerprint density at radius 1 is 1.14 bits per heavy atom. The van der Waals surface area contributed by atoms with Gasteiger partial charge in [-0.15, -0.1) is 0 Å². The van der Waals surface area contributed by atoms with Crippen molar-refractivity contribution in [1.82, 2.24) is 16.0 Å². The second-order valence-corrected chi connectivity index (χ2v) is 6.80. The van der Waals surface area contributed by atoms with Crippen LogP contribution in [-0.2, 0) is 25.6 Å². The fourth-order valence-corrected chi connectivity index (χ4v) is 3.06. The van der Waals surface area contributed by atoms with Crippen molar-refractivity contribution >= 4 is 23.7 Å². The second kappa shape index (κ2) is 10.4. The van der Waals surface area contributed by atoms with Gasteiger partial charge >= 0.3 is 5.97 Å². The van der Waals surface area contributed by atoms with E-state index in [1.807, 2.05) is 6.07 Å². The second-order valence-electron chi connectivity index (χ2n) is 6.80. The molecule has 0 aromatic heterocycles. The Morgan fingerprint density at radius 2 is 1.86 bits per heavy atom. The molecule has 1 aliphatic rings. The van der Waals surface area contributed by atoms with E-state index in [1.165, 1.54) is 0 Å². The standard InChI is InChI=1S/C19H26N4O5/c20-16(24)9-8-14(22-17(25)13-7-4-10-21-13)18(26)23-15(19(27)28)11-12-5-2-1-3-6-12/h1-3,5-6,13-15,21H,4,7-11H2,(H2,20,24)(H,22,25)(H,23,26)(H,27,28)/t13-,14-,15-/m0/s1. The van der Waals surface area contributed by atoms with Crippen LogP contribution in [0.4, 0.5) is 0 Å². The molecule has 1 aliphatic heterocycles. The number of carboxylic acids is 1. The molecule has 0 saturated carbocycles. The summed E-state index contributed by atoms with van der Waals surface area (Å²) in [6.45, 7) is 0.717. The number of nitrogens with two attached hydrogens (primary N) is 1. The molecule has 0 unspecified atom stereocenters. The molecule has 2 rings (SSSR count). The van der Waals surface area contributed by atoms with Crippen LogP contribution in [0.5, 0.6) is 0 Å². The van der Waals surface area contributed by atoms with Gasteiger partial charge in [-0.25, -0.2) is 4.79 Å². The van der Waals surface area contributed by atoms with Crippen LogP contribution < -0.4 is 21.7 Å². The van der Waals surface area contributed by atoms with E-state index in [-0.39, 0.29) is 25.2 Å². The van der Waals surface area contributed by atoms with Crippen molar-refractivity contribution in [3.05, 3.63) is 35.9 Å². The fraction of sp³-hybridized carbons (Fsp3) is 0.474. The number of hydrogen-bond acceptors (Lipinski definition) is 5. The van der Waals surface area contributed by atoms with E-state index in [0.717, 1.165) is 12.0 Å². The van der Waals surface area contributed by atoms with Crippen molar-refractivity contribution in [3.8, 4) is 0 Å². The van der Waals surface area contributed by atoms with Crippen LogP contribution in [0.15, 0.2) is 30.3 Å². The average molecular weight is 390 g/mol. The van der Waals surface area contributed by atoms with Gasteiger partial charge in [0.2, 0.25) is 17.7 Å². The van der Waals surface area contributed by atoms with Crippen LogP contribution in [0.1, 0.15) is 31.2 Å². The van der Waals surface area contributed by atoms with Gasteiger partial charge in [-0.05, 0) is 31.4 Å². The minimum Gasteiger partial charge on any atom is -0.480 e. The van der Waals surface area contributed by atoms with Crippen LogP contribution in [0.3, 0.4) is 0 Å². The highest BCUT2D eigenvalue weighted by Gasteiger charge is 2.30. The van der Waals surface area contributed by atoms with E-state index in [4.69, 9.17) is 5.73 Å². The number of rotatable bonds is 10. The Bertz CT molecular complexity index is 704. The SMILES string of the molecule is NC(=O)CC[C@H](NC(=O)[C@@H]1CCCN1)C(=O)N[C@@H](Cc1ccccc1)C(=O)O. The predicted molar refractivity (Wildman–Crippen MR) is 101 cm³/mol. The molecule has 152 valence electrons. The van der Waals surface area contributed by atoms with Crippen LogP contribution >= 0.6 is 0 Å². The van der Waals surface area contributed by atoms with Gasteiger partial charge in [0.15, 0.2) is 0 Å². The first-order valence-corrected chi connectivity index (χ1v) is 9.26. The molecule has 0 spiro atoms. The molecule has 1 heterocycles. The summed E-state index contributed by atoms with van der Waals surface area (Å²) in [5, 5.41) is 17.5. The molecule has 3 atom stereocenters. The molecule has 3 amide bonds. The zero-order valence-corrected chi connectivity index (χ0v) is 15.5. The Balaban J connectivity index is 2.04. The average Bonchev–Trinajstić information content (AvgIpc) is 3.19. The molecular formula is C19H26N4O5. The van der Waals surface area contributed by atoms with E-state index in [0.29, 0.717) is 13.0 Å². The van der Waals surface area contributed by atoms with E-state index in [2.05, 4.69) is 16.0 Å². The minimum atomic E-state index is -1.19. The van der Waals surface area contributed by atoms with Gasteiger partial charge in [0.1, 0.15) is 12.1 Å². The first kappa shape index (κ1) is 21.4. The summed E-state index contributed by atoms with van der Waals surface area (Å²) in [4.78, 5) is 47.7. The quantitative estimate of drug-likeness (QED) is 0.356. The van der Waals surface area contributed by atoms with E-state index < -0.39 is 35.9 Å². The van der Waals surface area contributed by atoms with E-state index in [1.54, 1.807) is 24.3 Å². The van der Waals surface area contributed by atoms with Gasteiger partial charge in [0, 0.05) is 12.8 Å². The van der Waals surface area contributed by atoms with Gasteiger partial charge in [-0.2, -0.15) is 0 Å². The highest BCUT2D eigenvalue weighted by molar-refractivity contribution is 5.92. The summed E-state index contributed by atoms with van der Waals surface area (Å²) in [7, 11) is 0. The largest absolute Gasteiger partial charge is 0.480 e. The number of amides is 3. The van der Waals surface area contributed by atoms with Crippen molar-refractivity contribution in [2.75, 3.05) is 6.54 Å². The molecule has 6 N–H and O–H groups in total. The maximum Gasteiger partial charge on any atom is 0.326 e. The van der Waals surface area contributed by atoms with Gasteiger partial charge < -0.3 is 26.8 Å². The van der Waals surface area contributed by atoms with Crippen molar-refractivity contribution in [1.29, 1.82) is 0 Å². The number of carbonyl (C=O) groups excluding carboxylic acids is 3. The smallest absolute Gasteiger partial charge is 0.326 e. The highest BCUT2D eigenvalue weighted by atomic mass is 16.4.